The van der Waals surface area contributed by atoms with Crippen molar-refractivity contribution in [3.8, 4) is 5.75 Å². The molecule has 4 rings (SSSR count). The second-order valence-corrected chi connectivity index (χ2v) is 12.7. The molecule has 1 aromatic carbocycles. The second kappa shape index (κ2) is 10.8. The number of sulfonamides is 1. The third kappa shape index (κ3) is 5.61. The van der Waals surface area contributed by atoms with Crippen molar-refractivity contribution in [3.63, 3.8) is 0 Å². The standard InChI is InChI=1S/C22H24ClN3O6S3/c1-3-32-19(27)13-26-16-5-4-15(31-2)12-17(16)33-22(26)24-21(28)14-8-10-25(11-9-14)35(29,30)20-7-6-18(23)34-20/h4-7,12,14H,3,8-11,13H2,1-2H3. The number of fused-ring (bicyclic) bond motifs is 1. The van der Waals surface area contributed by atoms with E-state index in [0.717, 1.165) is 21.6 Å². The zero-order chi connectivity index (χ0) is 25.2. The SMILES string of the molecule is CCOC(=O)Cn1c(=NC(=O)C2CCN(S(=O)(=O)c3ccc(Cl)s3)CC2)sc2cc(OC)ccc21. The van der Waals surface area contributed by atoms with Crippen molar-refractivity contribution >= 4 is 66.4 Å². The van der Waals surface area contributed by atoms with Crippen LogP contribution in [0.4, 0.5) is 0 Å². The van der Waals surface area contributed by atoms with Gasteiger partial charge in [0.25, 0.3) is 15.9 Å². The van der Waals surface area contributed by atoms with Gasteiger partial charge in [0, 0.05) is 19.0 Å². The molecular formula is C22H24ClN3O6S3. The predicted molar refractivity (Wildman–Crippen MR) is 134 cm³/mol. The van der Waals surface area contributed by atoms with Crippen molar-refractivity contribution in [2.45, 2.75) is 30.5 Å². The fourth-order valence-electron chi connectivity index (χ4n) is 3.85. The number of carbonyl (C=O) groups excluding carboxylic acids is 2. The first-order chi connectivity index (χ1) is 16.7. The summed E-state index contributed by atoms with van der Waals surface area (Å²) < 4.78 is 40.5. The van der Waals surface area contributed by atoms with E-state index in [0.29, 0.717) is 27.7 Å². The maximum absolute atomic E-state index is 13.1. The summed E-state index contributed by atoms with van der Waals surface area (Å²) in [5.74, 6) is -0.522. The summed E-state index contributed by atoms with van der Waals surface area (Å²) in [6, 6.07) is 8.46. The molecule has 13 heteroatoms. The maximum atomic E-state index is 13.1. The van der Waals surface area contributed by atoms with Crippen LogP contribution in [0.25, 0.3) is 10.2 Å². The molecule has 3 heterocycles. The Morgan fingerprint density at radius 2 is 1.91 bits per heavy atom. The quantitative estimate of drug-likeness (QED) is 0.411. The van der Waals surface area contributed by atoms with Crippen LogP contribution in [0.2, 0.25) is 4.34 Å². The number of thiophene rings is 1. The number of methoxy groups -OCH3 is 1. The number of aromatic nitrogens is 1. The van der Waals surface area contributed by atoms with Crippen LogP contribution in [-0.2, 0) is 30.9 Å². The molecule has 1 amide bonds. The molecule has 1 aliphatic rings. The van der Waals surface area contributed by atoms with Gasteiger partial charge in [-0.05, 0) is 50.1 Å². The Bertz CT molecular complexity index is 1420. The number of carbonyl (C=O) groups is 2. The second-order valence-electron chi connectivity index (χ2n) is 7.80. The summed E-state index contributed by atoms with van der Waals surface area (Å²) in [4.78, 5) is 30.0. The number of halogens is 1. The van der Waals surface area contributed by atoms with E-state index in [2.05, 4.69) is 4.99 Å². The largest absolute Gasteiger partial charge is 0.497 e. The average Bonchev–Trinajstić information content (AvgIpc) is 3.43. The first-order valence-corrected chi connectivity index (χ1v) is 14.3. The van der Waals surface area contributed by atoms with Crippen molar-refractivity contribution in [2.75, 3.05) is 26.8 Å². The zero-order valence-corrected chi connectivity index (χ0v) is 22.3. The molecule has 35 heavy (non-hydrogen) atoms. The van der Waals surface area contributed by atoms with Gasteiger partial charge in [0.2, 0.25) is 0 Å². The van der Waals surface area contributed by atoms with Crippen molar-refractivity contribution < 1.29 is 27.5 Å². The highest BCUT2D eigenvalue weighted by Crippen LogP contribution is 2.31. The highest BCUT2D eigenvalue weighted by molar-refractivity contribution is 7.91. The van der Waals surface area contributed by atoms with Crippen LogP contribution in [-0.4, -0.2) is 56.0 Å². The van der Waals surface area contributed by atoms with Gasteiger partial charge in [-0.2, -0.15) is 9.30 Å². The first-order valence-electron chi connectivity index (χ1n) is 10.9. The summed E-state index contributed by atoms with van der Waals surface area (Å²) in [6.45, 7) is 2.34. The first kappa shape index (κ1) is 25.8. The van der Waals surface area contributed by atoms with E-state index in [1.165, 1.54) is 21.7 Å². The van der Waals surface area contributed by atoms with Crippen LogP contribution in [0.5, 0.6) is 5.75 Å². The molecule has 0 aliphatic carbocycles. The number of piperidine rings is 1. The summed E-state index contributed by atoms with van der Waals surface area (Å²) >= 11 is 8.19. The molecule has 0 unspecified atom stereocenters. The lowest BCUT2D eigenvalue weighted by atomic mass is 9.98. The van der Waals surface area contributed by atoms with Crippen LogP contribution in [0.15, 0.2) is 39.5 Å². The summed E-state index contributed by atoms with van der Waals surface area (Å²) in [5.41, 5.74) is 0.742. The fraction of sp³-hybridized carbons (Fsp3) is 0.409. The van der Waals surface area contributed by atoms with Gasteiger partial charge in [-0.1, -0.05) is 22.9 Å². The van der Waals surface area contributed by atoms with E-state index in [9.17, 15) is 18.0 Å². The summed E-state index contributed by atoms with van der Waals surface area (Å²) in [7, 11) is -2.07. The number of nitrogens with zero attached hydrogens (tertiary/aromatic N) is 3. The molecule has 1 aliphatic heterocycles. The van der Waals surface area contributed by atoms with Crippen molar-refractivity contribution in [1.29, 1.82) is 0 Å². The van der Waals surface area contributed by atoms with E-state index in [-0.39, 0.29) is 36.4 Å². The normalized spacial score (nSPS) is 16.0. The van der Waals surface area contributed by atoms with Crippen LogP contribution < -0.4 is 9.54 Å². The van der Waals surface area contributed by atoms with Gasteiger partial charge in [-0.15, -0.1) is 11.3 Å². The molecule has 188 valence electrons. The van der Waals surface area contributed by atoms with E-state index in [1.807, 2.05) is 12.1 Å². The molecule has 0 saturated carbocycles. The Hall–Kier alpha value is -2.25. The zero-order valence-electron chi connectivity index (χ0n) is 19.1. The smallest absolute Gasteiger partial charge is 0.326 e. The van der Waals surface area contributed by atoms with E-state index >= 15 is 0 Å². The number of rotatable bonds is 7. The Morgan fingerprint density at radius 3 is 2.54 bits per heavy atom. The number of amides is 1. The van der Waals surface area contributed by atoms with Gasteiger partial charge in [0.05, 0.1) is 28.3 Å². The molecule has 0 radical (unpaired) electrons. The number of ether oxygens (including phenoxy) is 2. The number of thiazole rings is 1. The third-order valence-electron chi connectivity index (χ3n) is 5.63. The van der Waals surface area contributed by atoms with Gasteiger partial charge in [0.1, 0.15) is 16.5 Å². The highest BCUT2D eigenvalue weighted by atomic mass is 35.5. The lowest BCUT2D eigenvalue weighted by molar-refractivity contribution is -0.143. The van der Waals surface area contributed by atoms with Gasteiger partial charge in [-0.25, -0.2) is 8.42 Å². The molecular weight excluding hydrogens is 534 g/mol. The molecule has 0 bridgehead atoms. The van der Waals surface area contributed by atoms with Gasteiger partial charge in [0.15, 0.2) is 4.80 Å². The van der Waals surface area contributed by atoms with Crippen LogP contribution in [0.1, 0.15) is 19.8 Å². The van der Waals surface area contributed by atoms with Gasteiger partial charge < -0.3 is 14.0 Å². The predicted octanol–water partition coefficient (Wildman–Crippen LogP) is 3.52. The molecule has 9 nitrogen and oxygen atoms in total. The number of esters is 1. The molecule has 0 N–H and O–H groups in total. The lowest BCUT2D eigenvalue weighted by Gasteiger charge is -2.29. The maximum Gasteiger partial charge on any atom is 0.326 e. The van der Waals surface area contributed by atoms with Crippen LogP contribution in [0, 0.1) is 5.92 Å². The molecule has 0 atom stereocenters. The molecule has 1 saturated heterocycles. The minimum absolute atomic E-state index is 0.0770. The number of hydrogen-bond acceptors (Lipinski definition) is 8. The Morgan fingerprint density at radius 1 is 1.17 bits per heavy atom. The fourth-order valence-corrected chi connectivity index (χ4v) is 8.02. The average molecular weight is 558 g/mol. The third-order valence-corrected chi connectivity index (χ3v) is 10.3. The Labute approximate surface area is 215 Å². The molecule has 1 fully saturated rings. The topological polar surface area (TPSA) is 107 Å². The molecule has 3 aromatic rings. The minimum atomic E-state index is -3.64. The summed E-state index contributed by atoms with van der Waals surface area (Å²) in [5, 5.41) is 0. The molecule has 0 spiro atoms. The van der Waals surface area contributed by atoms with Crippen molar-refractivity contribution in [1.82, 2.24) is 8.87 Å². The van der Waals surface area contributed by atoms with Gasteiger partial charge >= 0.3 is 5.97 Å². The van der Waals surface area contributed by atoms with Crippen molar-refractivity contribution in [2.24, 2.45) is 10.9 Å². The Kier molecular flexibility index (Phi) is 7.96. The van der Waals surface area contributed by atoms with Crippen LogP contribution >= 0.6 is 34.3 Å². The monoisotopic (exact) mass is 557 g/mol. The number of benzene rings is 1. The van der Waals surface area contributed by atoms with E-state index in [1.54, 1.807) is 30.7 Å². The molecule has 2 aromatic heterocycles. The van der Waals surface area contributed by atoms with Crippen LogP contribution in [0.3, 0.4) is 0 Å². The highest BCUT2D eigenvalue weighted by Gasteiger charge is 2.33. The lowest BCUT2D eigenvalue weighted by Crippen LogP contribution is -2.40. The summed E-state index contributed by atoms with van der Waals surface area (Å²) in [6.07, 6.45) is 0.717. The Balaban J connectivity index is 1.56. The minimum Gasteiger partial charge on any atom is -0.497 e. The number of hydrogen-bond donors (Lipinski definition) is 0. The van der Waals surface area contributed by atoms with E-state index < -0.39 is 21.9 Å². The van der Waals surface area contributed by atoms with Gasteiger partial charge in [-0.3, -0.25) is 9.59 Å². The van der Waals surface area contributed by atoms with Crippen molar-refractivity contribution in [3.05, 3.63) is 39.5 Å². The van der Waals surface area contributed by atoms with E-state index in [4.69, 9.17) is 21.1 Å².